The van der Waals surface area contributed by atoms with Crippen LogP contribution in [-0.4, -0.2) is 33.5 Å². The van der Waals surface area contributed by atoms with Crippen LogP contribution in [0.1, 0.15) is 43.8 Å². The van der Waals surface area contributed by atoms with Gasteiger partial charge in [-0.05, 0) is 51.5 Å². The summed E-state index contributed by atoms with van der Waals surface area (Å²) in [4.78, 5) is 30.9. The highest BCUT2D eigenvalue weighted by Gasteiger charge is 2.17. The maximum absolute atomic E-state index is 12.5. The smallest absolute Gasteiger partial charge is 0.412 e. The van der Waals surface area contributed by atoms with Gasteiger partial charge in [0.25, 0.3) is 0 Å². The van der Waals surface area contributed by atoms with Crippen LogP contribution < -0.4 is 5.32 Å². The molecule has 0 fully saturated rings. The highest BCUT2D eigenvalue weighted by atomic mass is 32.1. The zero-order chi connectivity index (χ0) is 22.4. The van der Waals surface area contributed by atoms with Gasteiger partial charge in [-0.3, -0.25) is 14.5 Å². The molecule has 0 spiro atoms. The number of nitrogens with one attached hydrogen (secondary N) is 1. The Kier molecular flexibility index (Phi) is 7.25. The summed E-state index contributed by atoms with van der Waals surface area (Å²) in [6.07, 6.45) is 6.82. The minimum atomic E-state index is -0.595. The minimum Gasteiger partial charge on any atom is -0.444 e. The lowest BCUT2D eigenvalue weighted by atomic mass is 10.1. The van der Waals surface area contributed by atoms with Crippen molar-refractivity contribution < 1.29 is 19.1 Å². The lowest BCUT2D eigenvalue weighted by Crippen LogP contribution is -2.27. The Morgan fingerprint density at radius 3 is 2.71 bits per heavy atom. The molecule has 0 unspecified atom stereocenters. The van der Waals surface area contributed by atoms with Gasteiger partial charge in [0.1, 0.15) is 5.60 Å². The summed E-state index contributed by atoms with van der Waals surface area (Å²) in [7, 11) is 0. The molecule has 1 N–H and O–H groups in total. The first-order valence-corrected chi connectivity index (χ1v) is 10.9. The number of nitrogens with zero attached hydrogens (tertiary/aromatic N) is 2. The number of anilines is 1. The third-order valence-corrected chi connectivity index (χ3v) is 5.09. The zero-order valence-electron chi connectivity index (χ0n) is 18.2. The monoisotopic (exact) mass is 441 g/mol. The lowest BCUT2D eigenvalue weighted by molar-refractivity contribution is -0.113. The van der Waals surface area contributed by atoms with E-state index in [0.717, 1.165) is 21.1 Å². The highest BCUT2D eigenvalue weighted by molar-refractivity contribution is 7.17. The number of aromatic nitrogens is 2. The number of para-hydroxylation sites is 1. The Morgan fingerprint density at radius 1 is 1.23 bits per heavy atom. The highest BCUT2D eigenvalue weighted by Crippen LogP contribution is 2.21. The normalized spacial score (nSPS) is 11.9. The summed E-state index contributed by atoms with van der Waals surface area (Å²) in [5, 5.41) is 2.72. The molecule has 0 atom stereocenters. The molecule has 3 rings (SSSR count). The third-order valence-electron chi connectivity index (χ3n) is 4.13. The first-order valence-electron chi connectivity index (χ1n) is 10.1. The average molecular weight is 442 g/mol. The Bertz CT molecular complexity index is 1060. The second kappa shape index (κ2) is 9.89. The first-order chi connectivity index (χ1) is 14.7. The maximum Gasteiger partial charge on any atom is 0.412 e. The van der Waals surface area contributed by atoms with Crippen LogP contribution >= 0.6 is 11.3 Å². The summed E-state index contributed by atoms with van der Waals surface area (Å²) >= 11 is 1.50. The number of hydrogen-bond acceptors (Lipinski definition) is 6. The number of amides is 1. The molecule has 8 heteroatoms. The Hall–Kier alpha value is -2.97. The molecule has 164 valence electrons. The van der Waals surface area contributed by atoms with E-state index in [1.54, 1.807) is 45.1 Å². The number of benzene rings is 1. The molecule has 0 radical (unpaired) electrons. The van der Waals surface area contributed by atoms with Crippen LogP contribution in [-0.2, 0) is 27.3 Å². The van der Waals surface area contributed by atoms with Crippen LogP contribution in [0.3, 0.4) is 0 Å². The van der Waals surface area contributed by atoms with Crippen molar-refractivity contribution in [3.05, 3.63) is 58.9 Å². The molecule has 0 aliphatic carbocycles. The van der Waals surface area contributed by atoms with E-state index in [9.17, 15) is 9.59 Å². The summed E-state index contributed by atoms with van der Waals surface area (Å²) in [6.45, 7) is 8.49. The summed E-state index contributed by atoms with van der Waals surface area (Å²) in [5.41, 5.74) is 1.58. The minimum absolute atomic E-state index is 0.0680. The van der Waals surface area contributed by atoms with Crippen molar-refractivity contribution >= 4 is 39.9 Å². The Balaban J connectivity index is 1.63. The Labute approximate surface area is 185 Å². The van der Waals surface area contributed by atoms with Crippen LogP contribution in [0.15, 0.2) is 42.7 Å². The van der Waals surface area contributed by atoms with E-state index in [4.69, 9.17) is 9.47 Å². The molecule has 0 aliphatic heterocycles. The molecule has 0 bridgehead atoms. The fourth-order valence-corrected chi connectivity index (χ4v) is 3.73. The summed E-state index contributed by atoms with van der Waals surface area (Å²) in [5.74, 6) is -0.0680. The van der Waals surface area contributed by atoms with Crippen molar-refractivity contribution in [3.8, 4) is 0 Å². The molecule has 2 heterocycles. The molecule has 0 saturated heterocycles. The van der Waals surface area contributed by atoms with Gasteiger partial charge in [-0.25, -0.2) is 9.78 Å². The van der Waals surface area contributed by atoms with Gasteiger partial charge in [0.2, 0.25) is 0 Å². The number of hydrogen-bond donors (Lipinski definition) is 1. The number of ether oxygens (including phenoxy) is 2. The summed E-state index contributed by atoms with van der Waals surface area (Å²) < 4.78 is 12.6. The van der Waals surface area contributed by atoms with Gasteiger partial charge < -0.3 is 9.47 Å². The SMILES string of the molecule is CCOCc1cn2cc(/C=C/C(=O)Cc3ccccc3NC(=O)OC(C)(C)C)sc2n1. The number of rotatable bonds is 8. The standard InChI is InChI=1S/C23H27N3O4S/c1-5-29-15-17-13-26-14-19(31-21(26)24-17)11-10-18(27)12-16-8-6-7-9-20(16)25-22(28)30-23(2,3)4/h6-11,13-14H,5,12,15H2,1-4H3,(H,25,28)/b11-10+. The van der Waals surface area contributed by atoms with E-state index in [2.05, 4.69) is 10.3 Å². The topological polar surface area (TPSA) is 81.9 Å². The fraction of sp³-hybridized carbons (Fsp3) is 0.348. The van der Waals surface area contributed by atoms with E-state index in [0.29, 0.717) is 18.9 Å². The molecule has 0 aliphatic rings. The number of fused-ring (bicyclic) bond motifs is 1. The molecular weight excluding hydrogens is 414 g/mol. The number of imidazole rings is 1. The van der Waals surface area contributed by atoms with Gasteiger partial charge in [0, 0.05) is 36.0 Å². The van der Waals surface area contributed by atoms with Crippen molar-refractivity contribution in [1.82, 2.24) is 9.38 Å². The van der Waals surface area contributed by atoms with Gasteiger partial charge in [-0.2, -0.15) is 0 Å². The predicted octanol–water partition coefficient (Wildman–Crippen LogP) is 5.10. The second-order valence-electron chi connectivity index (χ2n) is 7.95. The first kappa shape index (κ1) is 22.7. The zero-order valence-corrected chi connectivity index (χ0v) is 19.0. The number of carbonyl (C=O) groups is 2. The van der Waals surface area contributed by atoms with E-state index < -0.39 is 11.7 Å². The van der Waals surface area contributed by atoms with Crippen molar-refractivity contribution in [3.63, 3.8) is 0 Å². The molecule has 1 aromatic carbocycles. The van der Waals surface area contributed by atoms with E-state index in [1.807, 2.05) is 35.9 Å². The van der Waals surface area contributed by atoms with E-state index in [-0.39, 0.29) is 12.2 Å². The average Bonchev–Trinajstić information content (AvgIpc) is 3.23. The van der Waals surface area contributed by atoms with Gasteiger partial charge in [0.15, 0.2) is 10.7 Å². The number of thiazole rings is 1. The van der Waals surface area contributed by atoms with Gasteiger partial charge in [-0.1, -0.05) is 29.5 Å². The quantitative estimate of drug-likeness (QED) is 0.492. The van der Waals surface area contributed by atoms with E-state index in [1.165, 1.54) is 11.3 Å². The molecule has 31 heavy (non-hydrogen) atoms. The van der Waals surface area contributed by atoms with Crippen LogP contribution in [0.2, 0.25) is 0 Å². The number of ketones is 1. The van der Waals surface area contributed by atoms with Crippen LogP contribution in [0.4, 0.5) is 10.5 Å². The molecule has 0 saturated carbocycles. The molecule has 2 aromatic heterocycles. The third kappa shape index (κ3) is 6.77. The van der Waals surface area contributed by atoms with Gasteiger partial charge in [0.05, 0.1) is 12.3 Å². The Morgan fingerprint density at radius 2 is 2.00 bits per heavy atom. The van der Waals surface area contributed by atoms with E-state index >= 15 is 0 Å². The summed E-state index contributed by atoms with van der Waals surface area (Å²) in [6, 6.07) is 7.21. The van der Waals surface area contributed by atoms with Gasteiger partial charge in [-0.15, -0.1) is 0 Å². The number of allylic oxidation sites excluding steroid dienone is 1. The van der Waals surface area contributed by atoms with Crippen LogP contribution in [0.25, 0.3) is 11.0 Å². The van der Waals surface area contributed by atoms with Crippen molar-refractivity contribution in [2.75, 3.05) is 11.9 Å². The van der Waals surface area contributed by atoms with Crippen molar-refractivity contribution in [2.24, 2.45) is 0 Å². The largest absolute Gasteiger partial charge is 0.444 e. The lowest BCUT2D eigenvalue weighted by Gasteiger charge is -2.20. The predicted molar refractivity (Wildman–Crippen MR) is 122 cm³/mol. The van der Waals surface area contributed by atoms with Gasteiger partial charge >= 0.3 is 6.09 Å². The molecular formula is C23H27N3O4S. The fourth-order valence-electron chi connectivity index (χ4n) is 2.85. The van der Waals surface area contributed by atoms with Crippen molar-refractivity contribution in [1.29, 1.82) is 0 Å². The van der Waals surface area contributed by atoms with Crippen LogP contribution in [0.5, 0.6) is 0 Å². The number of carbonyl (C=O) groups excluding carboxylic acids is 2. The molecule has 3 aromatic rings. The maximum atomic E-state index is 12.5. The van der Waals surface area contributed by atoms with Crippen molar-refractivity contribution in [2.45, 2.75) is 46.3 Å². The molecule has 1 amide bonds. The second-order valence-corrected chi connectivity index (χ2v) is 8.99. The molecule has 7 nitrogen and oxygen atoms in total. The van der Waals surface area contributed by atoms with Crippen LogP contribution in [0, 0.1) is 0 Å².